The van der Waals surface area contributed by atoms with Gasteiger partial charge in [0.25, 0.3) is 0 Å². The van der Waals surface area contributed by atoms with Crippen LogP contribution in [0.5, 0.6) is 0 Å². The van der Waals surface area contributed by atoms with Crippen LogP contribution in [0.2, 0.25) is 0 Å². The van der Waals surface area contributed by atoms with Gasteiger partial charge >= 0.3 is 0 Å². The molecule has 0 unspecified atom stereocenters. The van der Waals surface area contributed by atoms with E-state index in [1.54, 1.807) is 0 Å². The Bertz CT molecular complexity index is 320. The number of hydrogen-bond donors (Lipinski definition) is 0. The number of piperidine rings is 1. The first-order valence-electron chi connectivity index (χ1n) is 6.40. The molecule has 0 saturated carbocycles. The van der Waals surface area contributed by atoms with Crippen molar-refractivity contribution in [3.05, 3.63) is 35.9 Å². The molecule has 1 saturated heterocycles. The summed E-state index contributed by atoms with van der Waals surface area (Å²) >= 11 is 2.44. The third-order valence-electron chi connectivity index (χ3n) is 3.63. The molecule has 0 bridgehead atoms. The van der Waals surface area contributed by atoms with E-state index in [9.17, 15) is 0 Å². The van der Waals surface area contributed by atoms with Crippen molar-refractivity contribution < 1.29 is 0 Å². The summed E-state index contributed by atoms with van der Waals surface area (Å²) in [7, 11) is 2.27. The van der Waals surface area contributed by atoms with Crippen LogP contribution in [0.4, 0.5) is 0 Å². The lowest BCUT2D eigenvalue weighted by molar-refractivity contribution is 0.181. The highest BCUT2D eigenvalue weighted by Crippen LogP contribution is 2.18. The lowest BCUT2D eigenvalue weighted by Gasteiger charge is -2.34. The maximum atomic E-state index is 2.54. The molecule has 1 aliphatic rings. The molecule has 1 aliphatic heterocycles. The van der Waals surface area contributed by atoms with Crippen molar-refractivity contribution in [2.24, 2.45) is 0 Å². The highest BCUT2D eigenvalue weighted by atomic mass is 127. The van der Waals surface area contributed by atoms with Gasteiger partial charge in [0, 0.05) is 48.5 Å². The van der Waals surface area contributed by atoms with Crippen LogP contribution in [0.1, 0.15) is 18.4 Å². The van der Waals surface area contributed by atoms with Crippen LogP contribution in [0.15, 0.2) is 30.3 Å². The fourth-order valence-corrected chi connectivity index (χ4v) is 2.96. The van der Waals surface area contributed by atoms with Gasteiger partial charge in [-0.3, -0.25) is 0 Å². The summed E-state index contributed by atoms with van der Waals surface area (Å²) in [5.74, 6) is 0. The van der Waals surface area contributed by atoms with Crippen molar-refractivity contribution >= 4 is 22.9 Å². The fraction of sp³-hybridized carbons (Fsp3) is 0.571. The lowest BCUT2D eigenvalue weighted by Crippen LogP contribution is -2.40. The highest BCUT2D eigenvalue weighted by molar-refractivity contribution is 14.1. The van der Waals surface area contributed by atoms with E-state index in [2.05, 4.69) is 68.3 Å². The molecule has 3 heteroatoms. The van der Waals surface area contributed by atoms with Crippen LogP contribution >= 0.6 is 22.9 Å². The molecule has 2 rings (SSSR count). The zero-order chi connectivity index (χ0) is 12.1. The molecule has 94 valence electrons. The third kappa shape index (κ3) is 4.23. The van der Waals surface area contributed by atoms with E-state index in [0.29, 0.717) is 0 Å². The molecule has 1 fully saturated rings. The Kier molecular flexibility index (Phi) is 5.25. The molecular formula is C14H21IN2. The highest BCUT2D eigenvalue weighted by Gasteiger charge is 2.20. The summed E-state index contributed by atoms with van der Waals surface area (Å²) in [6.07, 6.45) is 3.80. The Morgan fingerprint density at radius 2 is 1.88 bits per heavy atom. The van der Waals surface area contributed by atoms with E-state index in [4.69, 9.17) is 0 Å². The third-order valence-corrected chi connectivity index (χ3v) is 4.59. The molecule has 0 aliphatic carbocycles. The largest absolute Gasteiger partial charge is 0.303 e. The average molecular weight is 344 g/mol. The first-order valence-corrected chi connectivity index (χ1v) is 7.37. The minimum absolute atomic E-state index is 0.782. The van der Waals surface area contributed by atoms with Crippen molar-refractivity contribution in [2.45, 2.75) is 25.3 Å². The number of likely N-dealkylation sites (N-methyl/N-ethyl adjacent to an activating group) is 1. The number of halogens is 1. The van der Waals surface area contributed by atoms with Crippen molar-refractivity contribution in [3.63, 3.8) is 0 Å². The molecule has 17 heavy (non-hydrogen) atoms. The molecule has 0 amide bonds. The van der Waals surface area contributed by atoms with Crippen LogP contribution in [-0.4, -0.2) is 40.7 Å². The monoisotopic (exact) mass is 344 g/mol. The second-order valence-corrected chi connectivity index (χ2v) is 6.22. The van der Waals surface area contributed by atoms with Crippen LogP contribution in [0.3, 0.4) is 0 Å². The summed E-state index contributed by atoms with van der Waals surface area (Å²) in [5, 5.41) is 0. The summed E-state index contributed by atoms with van der Waals surface area (Å²) < 4.78 is 2.40. The molecule has 0 atom stereocenters. The molecule has 2 nitrogen and oxygen atoms in total. The Hall–Kier alpha value is -0.130. The number of rotatable bonds is 4. The zero-order valence-electron chi connectivity index (χ0n) is 10.5. The van der Waals surface area contributed by atoms with Gasteiger partial charge in [-0.1, -0.05) is 30.3 Å². The molecule has 0 N–H and O–H groups in total. The maximum Gasteiger partial charge on any atom is 0.0201 e. The minimum atomic E-state index is 0.782. The Balaban J connectivity index is 1.75. The predicted molar refractivity (Wildman–Crippen MR) is 81.4 cm³/mol. The topological polar surface area (TPSA) is 6.48 Å². The summed E-state index contributed by atoms with van der Waals surface area (Å²) in [6, 6.07) is 11.6. The van der Waals surface area contributed by atoms with Gasteiger partial charge < -0.3 is 4.90 Å². The smallest absolute Gasteiger partial charge is 0.0201 e. The molecule has 1 aromatic carbocycles. The molecule has 1 heterocycles. The van der Waals surface area contributed by atoms with Gasteiger partial charge in [0.15, 0.2) is 0 Å². The van der Waals surface area contributed by atoms with Crippen molar-refractivity contribution in [1.82, 2.24) is 8.01 Å². The predicted octanol–water partition coefficient (Wildman–Crippen LogP) is 2.98. The Morgan fingerprint density at radius 3 is 2.53 bits per heavy atom. The van der Waals surface area contributed by atoms with E-state index in [1.807, 2.05) is 0 Å². The average Bonchev–Trinajstić information content (AvgIpc) is 2.38. The van der Waals surface area contributed by atoms with E-state index >= 15 is 0 Å². The van der Waals surface area contributed by atoms with Gasteiger partial charge in [-0.05, 0) is 31.9 Å². The molecular weight excluding hydrogens is 323 g/mol. The quantitative estimate of drug-likeness (QED) is 0.612. The Labute approximate surface area is 118 Å². The fourth-order valence-electron chi connectivity index (χ4n) is 2.41. The summed E-state index contributed by atoms with van der Waals surface area (Å²) in [4.78, 5) is 2.54. The lowest BCUT2D eigenvalue weighted by atomic mass is 10.0. The first-order chi connectivity index (χ1) is 8.25. The Morgan fingerprint density at radius 1 is 1.24 bits per heavy atom. The van der Waals surface area contributed by atoms with Crippen molar-refractivity contribution in [3.8, 4) is 0 Å². The van der Waals surface area contributed by atoms with Crippen molar-refractivity contribution in [2.75, 3.05) is 26.7 Å². The second kappa shape index (κ2) is 6.71. The van der Waals surface area contributed by atoms with Crippen LogP contribution in [0.25, 0.3) is 0 Å². The standard InChI is InChI=1S/C14H21IN2/c1-16(14-8-11-17(15)12-9-14)10-7-13-5-3-2-4-6-13/h2-6,14H,7-12H2,1H3. The maximum absolute atomic E-state index is 2.54. The minimum Gasteiger partial charge on any atom is -0.303 e. The van der Waals surface area contributed by atoms with E-state index < -0.39 is 0 Å². The van der Waals surface area contributed by atoms with Gasteiger partial charge in [0.1, 0.15) is 0 Å². The SMILES string of the molecule is CN(CCc1ccccc1)C1CCN(I)CC1. The molecule has 0 aromatic heterocycles. The van der Waals surface area contributed by atoms with E-state index in [1.165, 1.54) is 44.5 Å². The number of benzene rings is 1. The zero-order valence-corrected chi connectivity index (χ0v) is 12.6. The second-order valence-electron chi connectivity index (χ2n) is 4.86. The van der Waals surface area contributed by atoms with E-state index in [-0.39, 0.29) is 0 Å². The van der Waals surface area contributed by atoms with Crippen LogP contribution < -0.4 is 0 Å². The molecule has 1 aromatic rings. The van der Waals surface area contributed by atoms with Gasteiger partial charge in [-0.25, -0.2) is 3.11 Å². The molecule has 0 radical (unpaired) electrons. The summed E-state index contributed by atoms with van der Waals surface area (Å²) in [6.45, 7) is 3.65. The first kappa shape index (κ1) is 13.3. The number of hydrogen-bond acceptors (Lipinski definition) is 2. The van der Waals surface area contributed by atoms with Gasteiger partial charge in [0.05, 0.1) is 0 Å². The summed E-state index contributed by atoms with van der Waals surface area (Å²) in [5.41, 5.74) is 1.45. The molecule has 0 spiro atoms. The van der Waals surface area contributed by atoms with Crippen LogP contribution in [0, 0.1) is 0 Å². The van der Waals surface area contributed by atoms with E-state index in [0.717, 1.165) is 6.04 Å². The van der Waals surface area contributed by atoms with Gasteiger partial charge in [0.2, 0.25) is 0 Å². The normalized spacial score (nSPS) is 18.8. The van der Waals surface area contributed by atoms with Crippen molar-refractivity contribution in [1.29, 1.82) is 0 Å². The number of nitrogens with zero attached hydrogens (tertiary/aromatic N) is 2. The van der Waals surface area contributed by atoms with Crippen LogP contribution in [-0.2, 0) is 6.42 Å². The van der Waals surface area contributed by atoms with Gasteiger partial charge in [-0.2, -0.15) is 0 Å². The van der Waals surface area contributed by atoms with Gasteiger partial charge in [-0.15, -0.1) is 0 Å².